The smallest absolute Gasteiger partial charge is 0.258 e. The lowest BCUT2D eigenvalue weighted by Crippen LogP contribution is -2.03. The van der Waals surface area contributed by atoms with Crippen molar-refractivity contribution in [1.82, 2.24) is 0 Å². The molecule has 92 valence electrons. The van der Waals surface area contributed by atoms with Gasteiger partial charge in [-0.15, -0.1) is 11.6 Å². The Bertz CT molecular complexity index is 435. The molecule has 2 rings (SSSR count). The zero-order chi connectivity index (χ0) is 12.4. The molecular formula is C12H13ClFNO2. The van der Waals surface area contributed by atoms with E-state index < -0.39 is 16.4 Å². The third-order valence-corrected chi connectivity index (χ3v) is 3.63. The van der Waals surface area contributed by atoms with Gasteiger partial charge in [0.05, 0.1) is 4.92 Å². The van der Waals surface area contributed by atoms with Crippen molar-refractivity contribution in [3.05, 3.63) is 39.7 Å². The average Bonchev–Trinajstić information content (AvgIpc) is 3.09. The fraction of sp³-hybridized carbons (Fsp3) is 0.500. The van der Waals surface area contributed by atoms with E-state index in [0.29, 0.717) is 12.3 Å². The number of hydrogen-bond acceptors (Lipinski definition) is 2. The minimum atomic E-state index is -0.773. The van der Waals surface area contributed by atoms with Gasteiger partial charge in [0, 0.05) is 11.4 Å². The molecule has 17 heavy (non-hydrogen) atoms. The number of nitrogens with zero attached hydrogens (tertiary/aromatic N) is 1. The van der Waals surface area contributed by atoms with Crippen LogP contribution in [-0.4, -0.2) is 10.3 Å². The summed E-state index contributed by atoms with van der Waals surface area (Å²) in [7, 11) is 0. The summed E-state index contributed by atoms with van der Waals surface area (Å²) in [6, 6.07) is 4.04. The van der Waals surface area contributed by atoms with Crippen LogP contribution >= 0.6 is 11.6 Å². The monoisotopic (exact) mass is 257 g/mol. The van der Waals surface area contributed by atoms with E-state index in [1.807, 2.05) is 0 Å². The number of benzene rings is 1. The lowest BCUT2D eigenvalue weighted by atomic mass is 10.1. The summed E-state index contributed by atoms with van der Waals surface area (Å²) in [5.41, 5.74) is 0.290. The second-order valence-corrected chi connectivity index (χ2v) is 5.00. The van der Waals surface area contributed by atoms with Gasteiger partial charge < -0.3 is 0 Å². The van der Waals surface area contributed by atoms with Crippen molar-refractivity contribution in [2.24, 2.45) is 5.92 Å². The number of aryl methyl sites for hydroxylation is 1. The third-order valence-electron chi connectivity index (χ3n) is 3.05. The van der Waals surface area contributed by atoms with Gasteiger partial charge in [0.15, 0.2) is 0 Å². The summed E-state index contributed by atoms with van der Waals surface area (Å²) in [6.45, 7) is 0. The van der Waals surface area contributed by atoms with Crippen LogP contribution in [0.5, 0.6) is 0 Å². The highest BCUT2D eigenvalue weighted by Gasteiger charge is 2.29. The van der Waals surface area contributed by atoms with E-state index in [-0.39, 0.29) is 5.38 Å². The van der Waals surface area contributed by atoms with Gasteiger partial charge in [0.2, 0.25) is 5.82 Å². The summed E-state index contributed by atoms with van der Waals surface area (Å²) < 4.78 is 13.3. The molecule has 5 heteroatoms. The molecule has 3 nitrogen and oxygen atoms in total. The average molecular weight is 258 g/mol. The van der Waals surface area contributed by atoms with Gasteiger partial charge in [-0.2, -0.15) is 4.39 Å². The summed E-state index contributed by atoms with van der Waals surface area (Å²) in [6.07, 6.45) is 3.83. The van der Waals surface area contributed by atoms with Crippen LogP contribution in [0.3, 0.4) is 0 Å². The minimum absolute atomic E-state index is 0.147. The van der Waals surface area contributed by atoms with Crippen LogP contribution in [0, 0.1) is 21.8 Å². The first kappa shape index (κ1) is 12.3. The maximum absolute atomic E-state index is 13.3. The SMILES string of the molecule is O=[N+]([O-])c1ccc(CCC(Cl)C2CC2)cc1F. The lowest BCUT2D eigenvalue weighted by Gasteiger charge is -2.07. The second-order valence-electron chi connectivity index (χ2n) is 4.43. The molecule has 0 aromatic heterocycles. The van der Waals surface area contributed by atoms with E-state index in [1.54, 1.807) is 6.07 Å². The first-order valence-corrected chi connectivity index (χ1v) is 6.08. The maximum atomic E-state index is 13.3. The maximum Gasteiger partial charge on any atom is 0.304 e. The first-order chi connectivity index (χ1) is 8.08. The standard InChI is InChI=1S/C12H13ClFNO2/c13-10(9-3-4-9)5-1-8-2-6-12(15(16)17)11(14)7-8/h2,6-7,9-10H,1,3-5H2. The van der Waals surface area contributed by atoms with Crippen LogP contribution in [0.15, 0.2) is 18.2 Å². The molecular weight excluding hydrogens is 245 g/mol. The highest BCUT2D eigenvalue weighted by atomic mass is 35.5. The fourth-order valence-corrected chi connectivity index (χ4v) is 2.21. The molecule has 1 aromatic rings. The lowest BCUT2D eigenvalue weighted by molar-refractivity contribution is -0.387. The molecule has 0 heterocycles. The summed E-state index contributed by atoms with van der Waals surface area (Å²) in [5.74, 6) is -0.162. The number of alkyl halides is 1. The molecule has 1 saturated carbocycles. The van der Waals surface area contributed by atoms with Crippen molar-refractivity contribution in [2.45, 2.75) is 31.1 Å². The zero-order valence-corrected chi connectivity index (χ0v) is 9.99. The molecule has 0 saturated heterocycles. The molecule has 0 radical (unpaired) electrons. The largest absolute Gasteiger partial charge is 0.304 e. The molecule has 1 fully saturated rings. The summed E-state index contributed by atoms with van der Waals surface area (Å²) >= 11 is 6.15. The number of nitro benzene ring substituents is 1. The summed E-state index contributed by atoms with van der Waals surface area (Å²) in [4.78, 5) is 9.73. The predicted molar refractivity (Wildman–Crippen MR) is 63.7 cm³/mol. The van der Waals surface area contributed by atoms with E-state index in [0.717, 1.165) is 12.0 Å². The number of nitro groups is 1. The van der Waals surface area contributed by atoms with Crippen molar-refractivity contribution in [3.8, 4) is 0 Å². The van der Waals surface area contributed by atoms with Crippen LogP contribution in [0.2, 0.25) is 0 Å². The van der Waals surface area contributed by atoms with Crippen molar-refractivity contribution < 1.29 is 9.31 Å². The molecule has 1 atom stereocenters. The highest BCUT2D eigenvalue weighted by molar-refractivity contribution is 6.20. The van der Waals surface area contributed by atoms with E-state index in [2.05, 4.69) is 0 Å². The first-order valence-electron chi connectivity index (χ1n) is 5.65. The van der Waals surface area contributed by atoms with Gasteiger partial charge in [-0.1, -0.05) is 6.07 Å². The normalized spacial score (nSPS) is 16.8. The number of hydrogen-bond donors (Lipinski definition) is 0. The molecule has 0 spiro atoms. The van der Waals surface area contributed by atoms with Crippen molar-refractivity contribution in [3.63, 3.8) is 0 Å². The molecule has 1 aromatic carbocycles. The Morgan fingerprint density at radius 3 is 2.76 bits per heavy atom. The van der Waals surface area contributed by atoms with Gasteiger partial charge in [0.25, 0.3) is 0 Å². The molecule has 0 aliphatic heterocycles. The van der Waals surface area contributed by atoms with Crippen molar-refractivity contribution in [2.75, 3.05) is 0 Å². The Hall–Kier alpha value is -1.16. The molecule has 0 bridgehead atoms. The van der Waals surface area contributed by atoms with Gasteiger partial charge in [0.1, 0.15) is 0 Å². The Morgan fingerprint density at radius 1 is 1.53 bits per heavy atom. The van der Waals surface area contributed by atoms with Crippen molar-refractivity contribution in [1.29, 1.82) is 0 Å². The van der Waals surface area contributed by atoms with E-state index in [1.165, 1.54) is 25.0 Å². The van der Waals surface area contributed by atoms with Gasteiger partial charge >= 0.3 is 5.69 Å². The van der Waals surface area contributed by atoms with Crippen LogP contribution in [-0.2, 0) is 6.42 Å². The van der Waals surface area contributed by atoms with Gasteiger partial charge in [-0.3, -0.25) is 10.1 Å². The minimum Gasteiger partial charge on any atom is -0.258 e. The Morgan fingerprint density at radius 2 is 2.24 bits per heavy atom. The van der Waals surface area contributed by atoms with Gasteiger partial charge in [-0.05, 0) is 43.2 Å². The topological polar surface area (TPSA) is 43.1 Å². The molecule has 1 aliphatic rings. The molecule has 0 amide bonds. The van der Waals surface area contributed by atoms with Crippen molar-refractivity contribution >= 4 is 17.3 Å². The van der Waals surface area contributed by atoms with Crippen LogP contribution in [0.1, 0.15) is 24.8 Å². The van der Waals surface area contributed by atoms with Crippen LogP contribution < -0.4 is 0 Å². The fourth-order valence-electron chi connectivity index (χ4n) is 1.85. The predicted octanol–water partition coefficient (Wildman–Crippen LogP) is 3.68. The molecule has 1 aliphatic carbocycles. The zero-order valence-electron chi connectivity index (χ0n) is 9.23. The molecule has 0 N–H and O–H groups in total. The third kappa shape index (κ3) is 3.16. The number of halogens is 2. The Labute approximate surface area is 104 Å². The van der Waals surface area contributed by atoms with E-state index >= 15 is 0 Å². The van der Waals surface area contributed by atoms with Gasteiger partial charge in [-0.25, -0.2) is 0 Å². The number of rotatable bonds is 5. The Balaban J connectivity index is 1.97. The molecule has 1 unspecified atom stereocenters. The Kier molecular flexibility index (Phi) is 3.62. The van der Waals surface area contributed by atoms with Crippen LogP contribution in [0.25, 0.3) is 0 Å². The van der Waals surface area contributed by atoms with E-state index in [4.69, 9.17) is 11.6 Å². The highest BCUT2D eigenvalue weighted by Crippen LogP contribution is 2.37. The summed E-state index contributed by atoms with van der Waals surface area (Å²) in [5, 5.41) is 10.6. The van der Waals surface area contributed by atoms with Crippen LogP contribution in [0.4, 0.5) is 10.1 Å². The quantitative estimate of drug-likeness (QED) is 0.459. The van der Waals surface area contributed by atoms with E-state index in [9.17, 15) is 14.5 Å². The second kappa shape index (κ2) is 5.00.